The zero-order chi connectivity index (χ0) is 29.6. The molecule has 0 N–H and O–H groups in total. The molecule has 0 saturated heterocycles. The first-order valence-electron chi connectivity index (χ1n) is 12.9. The molecule has 0 saturated carbocycles. The largest absolute Gasteiger partial charge is 0.493 e. The SMILES string of the molecule is COc1ccc(CCN(C)C(=O)c2csc(CSc3nnc(-c4ccccc4Cl)n3-c3ccccc3Cl)n2)cc1OC. The zero-order valence-electron chi connectivity index (χ0n) is 23.1. The van der Waals surface area contributed by atoms with Crippen molar-refractivity contribution in [3.05, 3.63) is 98.4 Å². The molecule has 42 heavy (non-hydrogen) atoms. The number of amides is 1. The first kappa shape index (κ1) is 29.9. The van der Waals surface area contributed by atoms with Crippen molar-refractivity contribution >= 4 is 52.2 Å². The van der Waals surface area contributed by atoms with E-state index < -0.39 is 0 Å². The van der Waals surface area contributed by atoms with E-state index in [2.05, 4.69) is 15.2 Å². The molecule has 0 radical (unpaired) electrons. The molecule has 8 nitrogen and oxygen atoms in total. The van der Waals surface area contributed by atoms with Crippen LogP contribution in [-0.2, 0) is 12.2 Å². The summed E-state index contributed by atoms with van der Waals surface area (Å²) in [6, 6.07) is 20.8. The molecule has 216 valence electrons. The van der Waals surface area contributed by atoms with Crippen LogP contribution in [0.25, 0.3) is 17.1 Å². The van der Waals surface area contributed by atoms with Crippen LogP contribution in [0.4, 0.5) is 0 Å². The third-order valence-electron chi connectivity index (χ3n) is 6.47. The highest BCUT2D eigenvalue weighted by molar-refractivity contribution is 7.98. The van der Waals surface area contributed by atoms with Gasteiger partial charge in [0.1, 0.15) is 10.7 Å². The lowest BCUT2D eigenvalue weighted by Gasteiger charge is -2.16. The Morgan fingerprint density at radius 2 is 1.71 bits per heavy atom. The number of nitrogens with zero attached hydrogens (tertiary/aromatic N) is 5. The Morgan fingerprint density at radius 1 is 0.976 bits per heavy atom. The fraction of sp³-hybridized carbons (Fsp3) is 0.200. The average molecular weight is 641 g/mol. The Bertz CT molecular complexity index is 1710. The van der Waals surface area contributed by atoms with Crippen LogP contribution in [0.1, 0.15) is 21.1 Å². The van der Waals surface area contributed by atoms with Crippen LogP contribution in [0.5, 0.6) is 11.5 Å². The van der Waals surface area contributed by atoms with Gasteiger partial charge in [0.05, 0.1) is 35.7 Å². The average Bonchev–Trinajstić information content (AvgIpc) is 3.66. The van der Waals surface area contributed by atoms with Crippen LogP contribution in [-0.4, -0.2) is 58.4 Å². The van der Waals surface area contributed by atoms with Crippen molar-refractivity contribution in [1.29, 1.82) is 0 Å². The molecule has 0 atom stereocenters. The molecule has 2 aromatic heterocycles. The molecular weight excluding hydrogens is 613 g/mol. The number of ether oxygens (including phenoxy) is 2. The van der Waals surface area contributed by atoms with E-state index in [0.29, 0.717) is 56.9 Å². The van der Waals surface area contributed by atoms with Gasteiger partial charge in [-0.05, 0) is 48.4 Å². The first-order valence-corrected chi connectivity index (χ1v) is 15.5. The maximum atomic E-state index is 13.1. The number of benzene rings is 3. The number of hydrogen-bond acceptors (Lipinski definition) is 8. The van der Waals surface area contributed by atoms with Gasteiger partial charge in [0.15, 0.2) is 22.5 Å². The number of hydrogen-bond donors (Lipinski definition) is 0. The highest BCUT2D eigenvalue weighted by Gasteiger charge is 2.21. The standard InChI is InChI=1S/C30H27Cl2N5O3S2/c1-36(15-14-19-12-13-25(39-2)26(16-19)40-3)29(38)23-17-41-27(33-23)18-42-30-35-34-28(20-8-4-5-9-21(20)31)37(30)24-11-7-6-10-22(24)32/h4-13,16-17H,14-15,18H2,1-3H3. The summed E-state index contributed by atoms with van der Waals surface area (Å²) in [7, 11) is 4.99. The van der Waals surface area contributed by atoms with Crippen molar-refractivity contribution in [2.45, 2.75) is 17.3 Å². The number of methoxy groups -OCH3 is 2. The van der Waals surface area contributed by atoms with Crippen molar-refractivity contribution < 1.29 is 14.3 Å². The second-order valence-electron chi connectivity index (χ2n) is 9.15. The molecule has 0 bridgehead atoms. The fourth-order valence-corrected chi connectivity index (χ4v) is 6.43. The summed E-state index contributed by atoms with van der Waals surface area (Å²) >= 11 is 16.0. The minimum atomic E-state index is -0.136. The Kier molecular flexibility index (Phi) is 9.69. The monoisotopic (exact) mass is 639 g/mol. The molecule has 0 unspecified atom stereocenters. The quantitative estimate of drug-likeness (QED) is 0.140. The van der Waals surface area contributed by atoms with E-state index in [0.717, 1.165) is 21.8 Å². The Balaban J connectivity index is 1.29. The van der Waals surface area contributed by atoms with Gasteiger partial charge in [0.2, 0.25) is 0 Å². The van der Waals surface area contributed by atoms with Crippen LogP contribution in [0, 0.1) is 0 Å². The van der Waals surface area contributed by atoms with Gasteiger partial charge in [0, 0.05) is 24.5 Å². The van der Waals surface area contributed by atoms with Gasteiger partial charge in [-0.25, -0.2) is 4.98 Å². The third-order valence-corrected chi connectivity index (χ3v) is 9.09. The maximum Gasteiger partial charge on any atom is 0.273 e. The second-order valence-corrected chi connectivity index (χ2v) is 11.9. The lowest BCUT2D eigenvalue weighted by atomic mass is 10.1. The molecule has 0 aliphatic heterocycles. The molecule has 5 aromatic rings. The van der Waals surface area contributed by atoms with E-state index in [1.54, 1.807) is 31.5 Å². The van der Waals surface area contributed by atoms with E-state index >= 15 is 0 Å². The van der Waals surface area contributed by atoms with Gasteiger partial charge >= 0.3 is 0 Å². The highest BCUT2D eigenvalue weighted by atomic mass is 35.5. The van der Waals surface area contributed by atoms with Gasteiger partial charge in [-0.15, -0.1) is 21.5 Å². The third kappa shape index (κ3) is 6.57. The smallest absolute Gasteiger partial charge is 0.273 e. The van der Waals surface area contributed by atoms with Crippen molar-refractivity contribution in [3.8, 4) is 28.6 Å². The normalized spacial score (nSPS) is 11.0. The molecule has 5 rings (SSSR count). The molecule has 0 aliphatic rings. The highest BCUT2D eigenvalue weighted by Crippen LogP contribution is 2.35. The second kappa shape index (κ2) is 13.6. The summed E-state index contributed by atoms with van der Waals surface area (Å²) in [5.74, 6) is 2.28. The van der Waals surface area contributed by atoms with Crippen molar-refractivity contribution in [2.24, 2.45) is 0 Å². The van der Waals surface area contributed by atoms with Gasteiger partial charge < -0.3 is 14.4 Å². The fourth-order valence-electron chi connectivity index (χ4n) is 4.26. The topological polar surface area (TPSA) is 82.4 Å². The zero-order valence-corrected chi connectivity index (χ0v) is 26.2. The molecule has 0 spiro atoms. The van der Waals surface area contributed by atoms with Gasteiger partial charge in [-0.3, -0.25) is 9.36 Å². The summed E-state index contributed by atoms with van der Waals surface area (Å²) in [6.45, 7) is 0.529. The predicted octanol–water partition coefficient (Wildman–Crippen LogP) is 7.32. The molecule has 0 fully saturated rings. The van der Waals surface area contributed by atoms with E-state index in [1.807, 2.05) is 71.3 Å². The van der Waals surface area contributed by atoms with Gasteiger partial charge in [-0.2, -0.15) is 0 Å². The summed E-state index contributed by atoms with van der Waals surface area (Å²) in [6.07, 6.45) is 0.668. The lowest BCUT2D eigenvalue weighted by molar-refractivity contribution is 0.0791. The summed E-state index contributed by atoms with van der Waals surface area (Å²) in [5.41, 5.74) is 2.94. The lowest BCUT2D eigenvalue weighted by Crippen LogP contribution is -2.29. The number of para-hydroxylation sites is 1. The van der Waals surface area contributed by atoms with E-state index in [4.69, 9.17) is 32.7 Å². The molecular formula is C30H27Cl2N5O3S2. The molecule has 0 aliphatic carbocycles. The van der Waals surface area contributed by atoms with Crippen molar-refractivity contribution in [3.63, 3.8) is 0 Å². The number of carbonyl (C=O) groups excluding carboxylic acids is 1. The van der Waals surface area contributed by atoms with Gasteiger partial charge in [-0.1, -0.05) is 65.3 Å². The number of carbonyl (C=O) groups is 1. The maximum absolute atomic E-state index is 13.1. The van der Waals surface area contributed by atoms with E-state index in [9.17, 15) is 4.79 Å². The number of rotatable bonds is 11. The van der Waals surface area contributed by atoms with Crippen LogP contribution in [0.15, 0.2) is 77.3 Å². The Morgan fingerprint density at radius 3 is 2.45 bits per heavy atom. The minimum Gasteiger partial charge on any atom is -0.493 e. The minimum absolute atomic E-state index is 0.136. The molecule has 12 heteroatoms. The van der Waals surface area contributed by atoms with Crippen molar-refractivity contribution in [2.75, 3.05) is 27.8 Å². The van der Waals surface area contributed by atoms with Crippen molar-refractivity contribution in [1.82, 2.24) is 24.6 Å². The number of aromatic nitrogens is 4. The molecule has 3 aromatic carbocycles. The predicted molar refractivity (Wildman–Crippen MR) is 169 cm³/mol. The van der Waals surface area contributed by atoms with E-state index in [-0.39, 0.29) is 5.91 Å². The molecule has 1 amide bonds. The Labute approximate surface area is 262 Å². The van der Waals surface area contributed by atoms with E-state index in [1.165, 1.54) is 23.1 Å². The summed E-state index contributed by atoms with van der Waals surface area (Å²) < 4.78 is 12.6. The van der Waals surface area contributed by atoms with Crippen LogP contribution in [0.2, 0.25) is 10.0 Å². The number of thiazole rings is 1. The number of thioether (sulfide) groups is 1. The number of halogens is 2. The van der Waals surface area contributed by atoms with Crippen LogP contribution < -0.4 is 9.47 Å². The Hall–Kier alpha value is -3.57. The number of likely N-dealkylation sites (N-methyl/N-ethyl adjacent to an activating group) is 1. The molecule has 2 heterocycles. The van der Waals surface area contributed by atoms with Crippen LogP contribution in [0.3, 0.4) is 0 Å². The summed E-state index contributed by atoms with van der Waals surface area (Å²) in [5, 5.41) is 13.3. The van der Waals surface area contributed by atoms with Crippen LogP contribution >= 0.6 is 46.3 Å². The van der Waals surface area contributed by atoms with Gasteiger partial charge in [0.25, 0.3) is 5.91 Å². The summed E-state index contributed by atoms with van der Waals surface area (Å²) in [4.78, 5) is 19.4. The first-order chi connectivity index (χ1) is 20.4.